The molecule has 0 radical (unpaired) electrons. The van der Waals surface area contributed by atoms with E-state index in [4.69, 9.17) is 4.98 Å². The molecule has 1 aliphatic rings. The number of aromatic nitrogens is 4. The fourth-order valence-electron chi connectivity index (χ4n) is 4.48. The number of amides is 1. The van der Waals surface area contributed by atoms with Crippen LogP contribution in [0.2, 0.25) is 0 Å². The zero-order valence-electron chi connectivity index (χ0n) is 17.6. The van der Waals surface area contributed by atoms with Crippen molar-refractivity contribution in [2.75, 3.05) is 13.1 Å². The third-order valence-corrected chi connectivity index (χ3v) is 6.18. The van der Waals surface area contributed by atoms with E-state index >= 15 is 0 Å². The largest absolute Gasteiger partial charge is 0.340 e. The topological polar surface area (TPSA) is 56.0 Å². The van der Waals surface area contributed by atoms with Gasteiger partial charge in [-0.1, -0.05) is 6.07 Å². The van der Waals surface area contributed by atoms with Gasteiger partial charge in [-0.25, -0.2) is 4.39 Å². The van der Waals surface area contributed by atoms with Gasteiger partial charge in [0.15, 0.2) is 0 Å². The number of fused-ring (bicyclic) bond motifs is 1. The highest BCUT2D eigenvalue weighted by Crippen LogP contribution is 2.29. The molecule has 6 nitrogen and oxygen atoms in total. The number of rotatable bonds is 3. The van der Waals surface area contributed by atoms with Crippen molar-refractivity contribution >= 4 is 16.8 Å². The van der Waals surface area contributed by atoms with Crippen molar-refractivity contribution in [3.63, 3.8) is 0 Å². The van der Waals surface area contributed by atoms with Crippen LogP contribution < -0.4 is 0 Å². The van der Waals surface area contributed by atoms with Crippen LogP contribution >= 0.6 is 0 Å². The van der Waals surface area contributed by atoms with Crippen molar-refractivity contribution in [2.24, 2.45) is 14.1 Å². The van der Waals surface area contributed by atoms with Crippen molar-refractivity contribution in [1.82, 2.24) is 24.2 Å². The summed E-state index contributed by atoms with van der Waals surface area (Å²) in [6, 6.07) is 10.5. The molecule has 1 aromatic carbocycles. The lowest BCUT2D eigenvalue weighted by molar-refractivity contribution is 0.0696. The molecular weight excluding hydrogens is 393 g/mol. The highest BCUT2D eigenvalue weighted by Gasteiger charge is 2.28. The molecule has 0 unspecified atom stereocenters. The molecule has 7 heteroatoms. The first-order valence-corrected chi connectivity index (χ1v) is 10.5. The van der Waals surface area contributed by atoms with E-state index in [1.807, 2.05) is 42.2 Å². The minimum absolute atomic E-state index is 0.0178. The van der Waals surface area contributed by atoms with Gasteiger partial charge in [0.1, 0.15) is 11.5 Å². The molecule has 0 N–H and O–H groups in total. The van der Waals surface area contributed by atoms with Crippen LogP contribution in [0.3, 0.4) is 0 Å². The SMILES string of the molecule is Cn1cc(-c2ccc([C@@H]3CCCN(C(=O)c4cc5cc(F)ccc5n4C)C3)nc2)cn1. The highest BCUT2D eigenvalue weighted by molar-refractivity contribution is 5.98. The van der Waals surface area contributed by atoms with Crippen LogP contribution in [0.5, 0.6) is 0 Å². The van der Waals surface area contributed by atoms with Gasteiger partial charge >= 0.3 is 0 Å². The van der Waals surface area contributed by atoms with Crippen LogP contribution in [-0.2, 0) is 14.1 Å². The molecule has 1 atom stereocenters. The van der Waals surface area contributed by atoms with Gasteiger partial charge in [-0.15, -0.1) is 0 Å². The first-order valence-electron chi connectivity index (χ1n) is 10.5. The summed E-state index contributed by atoms with van der Waals surface area (Å²) in [4.78, 5) is 19.9. The van der Waals surface area contributed by atoms with Gasteiger partial charge in [-0.3, -0.25) is 14.5 Å². The Morgan fingerprint density at radius 2 is 1.97 bits per heavy atom. The number of likely N-dealkylation sites (tertiary alicyclic amines) is 1. The predicted octanol–water partition coefficient (Wildman–Crippen LogP) is 4.13. The summed E-state index contributed by atoms with van der Waals surface area (Å²) in [7, 11) is 3.75. The van der Waals surface area contributed by atoms with Crippen molar-refractivity contribution in [1.29, 1.82) is 0 Å². The zero-order chi connectivity index (χ0) is 21.5. The van der Waals surface area contributed by atoms with Crippen LogP contribution in [0.1, 0.15) is 34.9 Å². The quantitative estimate of drug-likeness (QED) is 0.504. The second-order valence-corrected chi connectivity index (χ2v) is 8.26. The van der Waals surface area contributed by atoms with Gasteiger partial charge in [0.05, 0.1) is 6.20 Å². The number of nitrogens with zero attached hydrogens (tertiary/aromatic N) is 5. The van der Waals surface area contributed by atoms with E-state index in [0.717, 1.165) is 47.1 Å². The van der Waals surface area contributed by atoms with Crippen LogP contribution in [-0.4, -0.2) is 43.2 Å². The summed E-state index contributed by atoms with van der Waals surface area (Å²) in [5.74, 6) is -0.112. The molecule has 4 aromatic rings. The van der Waals surface area contributed by atoms with Gasteiger partial charge in [-0.05, 0) is 43.2 Å². The molecule has 3 aromatic heterocycles. The molecule has 1 fully saturated rings. The van der Waals surface area contributed by atoms with E-state index in [9.17, 15) is 9.18 Å². The number of hydrogen-bond donors (Lipinski definition) is 0. The summed E-state index contributed by atoms with van der Waals surface area (Å²) < 4.78 is 17.2. The summed E-state index contributed by atoms with van der Waals surface area (Å²) >= 11 is 0. The minimum atomic E-state index is -0.295. The Morgan fingerprint density at radius 1 is 1.10 bits per heavy atom. The molecular formula is C24H24FN5O. The molecule has 31 heavy (non-hydrogen) atoms. The molecule has 1 saturated heterocycles. The molecule has 0 aliphatic carbocycles. The summed E-state index contributed by atoms with van der Waals surface area (Å²) in [5.41, 5.74) is 4.51. The molecule has 158 valence electrons. The third kappa shape index (κ3) is 3.60. The van der Waals surface area contributed by atoms with E-state index in [1.165, 1.54) is 12.1 Å². The van der Waals surface area contributed by atoms with Gasteiger partial charge in [0.25, 0.3) is 5.91 Å². The van der Waals surface area contributed by atoms with Crippen LogP contribution in [0.15, 0.2) is 55.0 Å². The van der Waals surface area contributed by atoms with Crippen LogP contribution in [0, 0.1) is 5.82 Å². The molecule has 1 aliphatic heterocycles. The Labute approximate surface area is 179 Å². The van der Waals surface area contributed by atoms with Gasteiger partial charge in [-0.2, -0.15) is 5.10 Å². The minimum Gasteiger partial charge on any atom is -0.340 e. The number of carbonyl (C=O) groups excluding carboxylic acids is 1. The van der Waals surface area contributed by atoms with Crippen molar-refractivity contribution in [3.8, 4) is 11.1 Å². The van der Waals surface area contributed by atoms with E-state index in [-0.39, 0.29) is 17.6 Å². The number of piperidine rings is 1. The Bertz CT molecular complexity index is 1260. The van der Waals surface area contributed by atoms with E-state index in [1.54, 1.807) is 16.8 Å². The zero-order valence-corrected chi connectivity index (χ0v) is 17.6. The average molecular weight is 417 g/mol. The van der Waals surface area contributed by atoms with Crippen molar-refractivity contribution < 1.29 is 9.18 Å². The smallest absolute Gasteiger partial charge is 0.270 e. The van der Waals surface area contributed by atoms with E-state index < -0.39 is 0 Å². The van der Waals surface area contributed by atoms with Crippen LogP contribution in [0.25, 0.3) is 22.0 Å². The number of hydrogen-bond acceptors (Lipinski definition) is 3. The Morgan fingerprint density at radius 3 is 2.71 bits per heavy atom. The van der Waals surface area contributed by atoms with Gasteiger partial charge in [0, 0.05) is 73.2 Å². The lowest BCUT2D eigenvalue weighted by atomic mass is 9.93. The monoisotopic (exact) mass is 417 g/mol. The summed E-state index contributed by atoms with van der Waals surface area (Å²) in [6.45, 7) is 1.35. The highest BCUT2D eigenvalue weighted by atomic mass is 19.1. The maximum Gasteiger partial charge on any atom is 0.270 e. The number of aryl methyl sites for hydroxylation is 2. The van der Waals surface area contributed by atoms with Crippen LogP contribution in [0.4, 0.5) is 4.39 Å². The summed E-state index contributed by atoms with van der Waals surface area (Å²) in [6.07, 6.45) is 7.61. The first-order chi connectivity index (χ1) is 15.0. The normalized spacial score (nSPS) is 16.7. The van der Waals surface area contributed by atoms with E-state index in [2.05, 4.69) is 17.2 Å². The molecule has 4 heterocycles. The second-order valence-electron chi connectivity index (χ2n) is 8.26. The predicted molar refractivity (Wildman–Crippen MR) is 117 cm³/mol. The number of halogens is 1. The van der Waals surface area contributed by atoms with Crippen molar-refractivity contribution in [2.45, 2.75) is 18.8 Å². The second kappa shape index (κ2) is 7.65. The van der Waals surface area contributed by atoms with Gasteiger partial charge < -0.3 is 9.47 Å². The number of carbonyl (C=O) groups is 1. The van der Waals surface area contributed by atoms with Gasteiger partial charge in [0.2, 0.25) is 0 Å². The molecule has 0 bridgehead atoms. The molecule has 1 amide bonds. The van der Waals surface area contributed by atoms with E-state index in [0.29, 0.717) is 12.2 Å². The Balaban J connectivity index is 1.35. The summed E-state index contributed by atoms with van der Waals surface area (Å²) in [5, 5.41) is 4.96. The first kappa shape index (κ1) is 19.5. The van der Waals surface area contributed by atoms with Crippen molar-refractivity contribution in [3.05, 3.63) is 72.2 Å². The third-order valence-electron chi connectivity index (χ3n) is 6.18. The Hall–Kier alpha value is -3.48. The standard InChI is InChI=1S/C24H24FN5O/c1-28-14-19(13-27-28)16-5-7-21(26-12-16)17-4-3-9-30(15-17)24(31)23-11-18-10-20(25)6-8-22(18)29(23)2/h5-8,10-14,17H,3-4,9,15H2,1-2H3/t17-/m1/s1. The number of pyridine rings is 1. The average Bonchev–Trinajstić information content (AvgIpc) is 3.36. The molecule has 5 rings (SSSR count). The maximum atomic E-state index is 13.6. The fraction of sp³-hybridized carbons (Fsp3) is 0.292. The molecule has 0 saturated carbocycles. The molecule has 0 spiro atoms. The lowest BCUT2D eigenvalue weighted by Crippen LogP contribution is -2.40. The maximum absolute atomic E-state index is 13.6. The number of benzene rings is 1. The lowest BCUT2D eigenvalue weighted by Gasteiger charge is -2.32. The Kier molecular flexibility index (Phi) is 4.81. The fourth-order valence-corrected chi connectivity index (χ4v) is 4.48.